The maximum absolute atomic E-state index is 10.8. The maximum atomic E-state index is 10.8. The number of carboxylic acids is 1. The zero-order valence-corrected chi connectivity index (χ0v) is 11.1. The van der Waals surface area contributed by atoms with Crippen molar-refractivity contribution in [3.05, 3.63) is 33.9 Å². The molecule has 1 rings (SSSR count). The van der Waals surface area contributed by atoms with Crippen LogP contribution in [0.15, 0.2) is 18.2 Å². The molecular formula is C11H14N2O5S. The number of carboxylic acid groups (broad SMARTS) is 1. The van der Waals surface area contributed by atoms with Crippen LogP contribution in [-0.4, -0.2) is 29.8 Å². The van der Waals surface area contributed by atoms with Gasteiger partial charge in [0, 0.05) is 11.8 Å². The van der Waals surface area contributed by atoms with Gasteiger partial charge in [0.2, 0.25) is 0 Å². The van der Waals surface area contributed by atoms with Gasteiger partial charge in [-0.15, -0.1) is 0 Å². The number of aliphatic carboxylic acids is 1. The largest absolute Gasteiger partial charge is 0.544 e. The van der Waals surface area contributed by atoms with Crippen LogP contribution in [0.3, 0.4) is 0 Å². The van der Waals surface area contributed by atoms with Gasteiger partial charge in [-0.2, -0.15) is 11.8 Å². The molecule has 1 atom stereocenters. The van der Waals surface area contributed by atoms with Gasteiger partial charge in [-0.3, -0.25) is 10.1 Å². The van der Waals surface area contributed by atoms with Crippen LogP contribution >= 0.6 is 11.8 Å². The maximum Gasteiger partial charge on any atom is 0.311 e. The minimum Gasteiger partial charge on any atom is -0.544 e. The van der Waals surface area contributed by atoms with Gasteiger partial charge in [0.1, 0.15) is 6.04 Å². The van der Waals surface area contributed by atoms with Crippen LogP contribution in [0.25, 0.3) is 0 Å². The van der Waals surface area contributed by atoms with E-state index in [9.17, 15) is 20.0 Å². The third kappa shape index (κ3) is 4.42. The molecule has 0 spiro atoms. The summed E-state index contributed by atoms with van der Waals surface area (Å²) in [6.45, 7) is 0. The van der Waals surface area contributed by atoms with Crippen molar-refractivity contribution in [3.8, 4) is 5.75 Å². The van der Waals surface area contributed by atoms with Crippen LogP contribution in [0.2, 0.25) is 0 Å². The Hall–Kier alpha value is -1.80. The predicted octanol–water partition coefficient (Wildman–Crippen LogP) is -0.803. The topological polar surface area (TPSA) is 120 Å². The molecule has 0 heterocycles. The number of quaternary nitrogens is 1. The van der Waals surface area contributed by atoms with Crippen molar-refractivity contribution in [3.63, 3.8) is 0 Å². The highest BCUT2D eigenvalue weighted by atomic mass is 32.2. The smallest absolute Gasteiger partial charge is 0.311 e. The Morgan fingerprint density at radius 1 is 1.58 bits per heavy atom. The number of carbonyl (C=O) groups is 1. The van der Waals surface area contributed by atoms with Gasteiger partial charge in [0.05, 0.1) is 23.8 Å². The molecule has 8 heteroatoms. The number of carbonyl (C=O) groups excluding carboxylic acids is 1. The summed E-state index contributed by atoms with van der Waals surface area (Å²) in [6, 6.07) is 3.85. The number of nitro benzene ring substituents is 1. The van der Waals surface area contributed by atoms with Gasteiger partial charge in [-0.05, 0) is 11.6 Å². The molecule has 0 saturated carbocycles. The molecule has 0 aliphatic carbocycles. The number of nitrogens with zero attached hydrogens (tertiary/aromatic N) is 1. The highest BCUT2D eigenvalue weighted by Crippen LogP contribution is 2.28. The molecule has 104 valence electrons. The molecule has 19 heavy (non-hydrogen) atoms. The number of nitro groups is 1. The van der Waals surface area contributed by atoms with Crippen LogP contribution in [0.1, 0.15) is 5.56 Å². The molecular weight excluding hydrogens is 272 g/mol. The average Bonchev–Trinajstić information content (AvgIpc) is 2.38. The second kappa shape index (κ2) is 6.95. The Morgan fingerprint density at radius 3 is 2.79 bits per heavy atom. The number of hydrogen-bond donors (Lipinski definition) is 1. The van der Waals surface area contributed by atoms with E-state index < -0.39 is 16.9 Å². The highest BCUT2D eigenvalue weighted by Gasteiger charge is 2.15. The van der Waals surface area contributed by atoms with Crippen LogP contribution in [0, 0.1) is 10.1 Å². The van der Waals surface area contributed by atoms with Crippen molar-refractivity contribution in [1.82, 2.24) is 0 Å². The van der Waals surface area contributed by atoms with Crippen LogP contribution in [0.5, 0.6) is 5.75 Å². The summed E-state index contributed by atoms with van der Waals surface area (Å²) in [6.07, 6.45) is 0. The van der Waals surface area contributed by atoms with E-state index >= 15 is 0 Å². The van der Waals surface area contributed by atoms with Gasteiger partial charge >= 0.3 is 5.69 Å². The molecule has 0 radical (unpaired) electrons. The molecule has 0 bridgehead atoms. The number of thioether (sulfide) groups is 1. The van der Waals surface area contributed by atoms with Crippen molar-refractivity contribution in [2.75, 3.05) is 12.9 Å². The molecule has 0 aromatic heterocycles. The number of rotatable bonds is 7. The molecule has 7 nitrogen and oxygen atoms in total. The molecule has 0 amide bonds. The molecule has 1 aromatic carbocycles. The Balaban J connectivity index is 2.67. The summed E-state index contributed by atoms with van der Waals surface area (Å²) in [5, 5.41) is 21.3. The van der Waals surface area contributed by atoms with Crippen molar-refractivity contribution in [2.24, 2.45) is 0 Å². The summed E-state index contributed by atoms with van der Waals surface area (Å²) < 4.78 is 4.89. The first-order valence-corrected chi connectivity index (χ1v) is 6.54. The van der Waals surface area contributed by atoms with E-state index in [1.54, 1.807) is 6.07 Å². The fourth-order valence-corrected chi connectivity index (χ4v) is 2.31. The van der Waals surface area contributed by atoms with Crippen molar-refractivity contribution < 1.29 is 25.3 Å². The lowest BCUT2D eigenvalue weighted by atomic mass is 10.2. The predicted molar refractivity (Wildman–Crippen MR) is 67.5 cm³/mol. The third-order valence-corrected chi connectivity index (χ3v) is 3.54. The second-order valence-corrected chi connectivity index (χ2v) is 4.82. The Bertz CT molecular complexity index is 480. The standard InChI is InChI=1S/C11H14N2O5S/c1-18-10-3-2-7(4-9(10)13(16)17)5-19-6-8(12)11(14)15/h2-4,8H,5-6,12H2,1H3,(H,14,15)/t8-/m1/s1. The fraction of sp³-hybridized carbons (Fsp3) is 0.364. The zero-order chi connectivity index (χ0) is 14.4. The van der Waals surface area contributed by atoms with E-state index in [-0.39, 0.29) is 11.4 Å². The van der Waals surface area contributed by atoms with Crippen LogP contribution < -0.4 is 15.6 Å². The van der Waals surface area contributed by atoms with E-state index in [1.807, 2.05) is 0 Å². The molecule has 1 aromatic rings. The normalized spacial score (nSPS) is 11.9. The van der Waals surface area contributed by atoms with Crippen molar-refractivity contribution in [1.29, 1.82) is 0 Å². The first kappa shape index (κ1) is 15.3. The Kier molecular flexibility index (Phi) is 5.58. The van der Waals surface area contributed by atoms with Gasteiger partial charge in [-0.25, -0.2) is 0 Å². The van der Waals surface area contributed by atoms with Crippen LogP contribution in [0.4, 0.5) is 5.69 Å². The van der Waals surface area contributed by atoms with Gasteiger partial charge < -0.3 is 20.4 Å². The fourth-order valence-electron chi connectivity index (χ4n) is 1.36. The monoisotopic (exact) mass is 286 g/mol. The molecule has 0 fully saturated rings. The first-order chi connectivity index (χ1) is 8.95. The second-order valence-electron chi connectivity index (χ2n) is 3.79. The van der Waals surface area contributed by atoms with E-state index in [2.05, 4.69) is 5.73 Å². The summed E-state index contributed by atoms with van der Waals surface area (Å²) >= 11 is 1.33. The lowest BCUT2D eigenvalue weighted by Crippen LogP contribution is -2.69. The molecule has 0 unspecified atom stereocenters. The van der Waals surface area contributed by atoms with Crippen molar-refractivity contribution >= 4 is 23.4 Å². The van der Waals surface area contributed by atoms with Gasteiger partial charge in [0.15, 0.2) is 5.75 Å². The van der Waals surface area contributed by atoms with Crippen molar-refractivity contribution in [2.45, 2.75) is 11.8 Å². The quantitative estimate of drug-likeness (QED) is 0.517. The SMILES string of the molecule is COc1ccc(CSC[C@@H]([NH3+])C(=O)[O-])cc1[N+](=O)[O-]. The van der Waals surface area contributed by atoms with E-state index in [4.69, 9.17) is 4.74 Å². The number of benzene rings is 1. The van der Waals surface area contributed by atoms with E-state index in [0.29, 0.717) is 11.5 Å². The Morgan fingerprint density at radius 2 is 2.26 bits per heavy atom. The molecule has 0 aliphatic rings. The highest BCUT2D eigenvalue weighted by molar-refractivity contribution is 7.98. The minimum absolute atomic E-state index is 0.105. The first-order valence-electron chi connectivity index (χ1n) is 5.38. The van der Waals surface area contributed by atoms with E-state index in [1.165, 1.54) is 31.0 Å². The van der Waals surface area contributed by atoms with Gasteiger partial charge in [0.25, 0.3) is 0 Å². The molecule has 3 N–H and O–H groups in total. The number of hydrogen-bond acceptors (Lipinski definition) is 6. The third-order valence-electron chi connectivity index (χ3n) is 2.36. The summed E-state index contributed by atoms with van der Waals surface area (Å²) in [7, 11) is 1.37. The average molecular weight is 286 g/mol. The minimum atomic E-state index is -1.20. The zero-order valence-electron chi connectivity index (χ0n) is 10.3. The molecule has 0 saturated heterocycles. The van der Waals surface area contributed by atoms with E-state index in [0.717, 1.165) is 5.56 Å². The summed E-state index contributed by atoms with van der Waals surface area (Å²) in [5.41, 5.74) is 4.05. The summed E-state index contributed by atoms with van der Waals surface area (Å²) in [4.78, 5) is 20.8. The molecule has 0 aliphatic heterocycles. The Labute approximate surface area is 113 Å². The van der Waals surface area contributed by atoms with Gasteiger partial charge in [-0.1, -0.05) is 6.07 Å². The van der Waals surface area contributed by atoms with Crippen LogP contribution in [-0.2, 0) is 10.5 Å². The summed E-state index contributed by atoms with van der Waals surface area (Å²) in [5.74, 6) is -0.247. The number of methoxy groups -OCH3 is 1. The lowest BCUT2D eigenvalue weighted by molar-refractivity contribution is -0.431. The lowest BCUT2D eigenvalue weighted by Gasteiger charge is -2.09. The number of ether oxygens (including phenoxy) is 1.